The van der Waals surface area contributed by atoms with Crippen molar-refractivity contribution in [2.45, 2.75) is 6.42 Å². The van der Waals surface area contributed by atoms with Crippen molar-refractivity contribution in [2.24, 2.45) is 7.05 Å². The van der Waals surface area contributed by atoms with Gasteiger partial charge in [-0.15, -0.1) is 0 Å². The molecule has 0 aliphatic carbocycles. The number of hydrogen-bond acceptors (Lipinski definition) is 3. The van der Waals surface area contributed by atoms with Crippen molar-refractivity contribution < 1.29 is 14.0 Å². The van der Waals surface area contributed by atoms with Crippen molar-refractivity contribution in [1.29, 1.82) is 0 Å². The standard InChI is InChI=1S/C14H12FN3O2/c1-17-10(4-6-16-17)5-7-18-12-8-9(15)2-3-11(12)13(19)14(18)20/h2-4,6,8H,5,7H2,1H3. The van der Waals surface area contributed by atoms with Gasteiger partial charge in [0.2, 0.25) is 0 Å². The van der Waals surface area contributed by atoms with E-state index < -0.39 is 17.5 Å². The summed E-state index contributed by atoms with van der Waals surface area (Å²) in [6.45, 7) is 0.320. The van der Waals surface area contributed by atoms with Gasteiger partial charge in [-0.1, -0.05) is 0 Å². The van der Waals surface area contributed by atoms with Crippen LogP contribution in [-0.2, 0) is 18.3 Å². The molecule has 0 saturated heterocycles. The average Bonchev–Trinajstić information content (AvgIpc) is 2.92. The average molecular weight is 273 g/mol. The molecule has 2 aromatic rings. The number of amides is 1. The van der Waals surface area contributed by atoms with Crippen LogP contribution in [0, 0.1) is 5.82 Å². The number of aromatic nitrogens is 2. The zero-order valence-corrected chi connectivity index (χ0v) is 10.8. The summed E-state index contributed by atoms with van der Waals surface area (Å²) < 4.78 is 15.0. The summed E-state index contributed by atoms with van der Waals surface area (Å²) >= 11 is 0. The van der Waals surface area contributed by atoms with Crippen LogP contribution < -0.4 is 4.90 Å². The molecule has 0 spiro atoms. The van der Waals surface area contributed by atoms with E-state index in [2.05, 4.69) is 5.10 Å². The smallest absolute Gasteiger partial charge is 0.299 e. The Kier molecular flexibility index (Phi) is 2.85. The van der Waals surface area contributed by atoms with Crippen molar-refractivity contribution in [1.82, 2.24) is 9.78 Å². The van der Waals surface area contributed by atoms with E-state index in [9.17, 15) is 14.0 Å². The van der Waals surface area contributed by atoms with E-state index in [1.807, 2.05) is 6.07 Å². The van der Waals surface area contributed by atoms with Gasteiger partial charge in [0.1, 0.15) is 5.82 Å². The topological polar surface area (TPSA) is 55.2 Å². The minimum atomic E-state index is -0.604. The van der Waals surface area contributed by atoms with Gasteiger partial charge in [-0.2, -0.15) is 5.10 Å². The SMILES string of the molecule is Cn1nccc1CCN1C(=O)C(=O)c2ccc(F)cc21. The van der Waals surface area contributed by atoms with Gasteiger partial charge in [0.25, 0.3) is 11.7 Å². The van der Waals surface area contributed by atoms with Crippen LogP contribution >= 0.6 is 0 Å². The minimum Gasteiger partial charge on any atom is -0.304 e. The van der Waals surface area contributed by atoms with Gasteiger partial charge in [0, 0.05) is 31.9 Å². The summed E-state index contributed by atoms with van der Waals surface area (Å²) in [5.74, 6) is -1.64. The van der Waals surface area contributed by atoms with Gasteiger partial charge in [-0.05, 0) is 24.3 Å². The maximum absolute atomic E-state index is 13.3. The maximum Gasteiger partial charge on any atom is 0.299 e. The lowest BCUT2D eigenvalue weighted by molar-refractivity contribution is -0.114. The lowest BCUT2D eigenvalue weighted by atomic mass is 10.1. The first-order valence-electron chi connectivity index (χ1n) is 6.20. The Bertz CT molecular complexity index is 708. The highest BCUT2D eigenvalue weighted by Crippen LogP contribution is 2.29. The molecule has 2 heterocycles. The molecule has 0 saturated carbocycles. The molecule has 0 fully saturated rings. The van der Waals surface area contributed by atoms with E-state index in [1.165, 1.54) is 23.1 Å². The Morgan fingerprint density at radius 2 is 2.05 bits per heavy atom. The van der Waals surface area contributed by atoms with E-state index >= 15 is 0 Å². The molecular formula is C14H12FN3O2. The zero-order chi connectivity index (χ0) is 14.3. The molecule has 6 heteroatoms. The van der Waals surface area contributed by atoms with Crippen LogP contribution in [0.3, 0.4) is 0 Å². The van der Waals surface area contributed by atoms with Crippen molar-refractivity contribution in [2.75, 3.05) is 11.4 Å². The van der Waals surface area contributed by atoms with E-state index in [-0.39, 0.29) is 5.56 Å². The number of benzene rings is 1. The normalized spacial score (nSPS) is 14.0. The second-order valence-corrected chi connectivity index (χ2v) is 4.64. The molecule has 20 heavy (non-hydrogen) atoms. The second kappa shape index (κ2) is 4.56. The molecule has 1 aliphatic heterocycles. The monoisotopic (exact) mass is 273 g/mol. The molecule has 102 valence electrons. The van der Waals surface area contributed by atoms with Crippen LogP contribution in [0.25, 0.3) is 0 Å². The third kappa shape index (κ3) is 1.89. The van der Waals surface area contributed by atoms with E-state index in [1.54, 1.807) is 17.9 Å². The highest BCUT2D eigenvalue weighted by atomic mass is 19.1. The first-order valence-corrected chi connectivity index (χ1v) is 6.20. The predicted octanol–water partition coefficient (Wildman–Crippen LogP) is 1.33. The molecule has 1 amide bonds. The summed E-state index contributed by atoms with van der Waals surface area (Å²) in [7, 11) is 1.81. The molecular weight excluding hydrogens is 261 g/mol. The molecule has 0 N–H and O–H groups in total. The van der Waals surface area contributed by atoms with Crippen LogP contribution in [0.2, 0.25) is 0 Å². The number of carbonyl (C=O) groups excluding carboxylic acids is 2. The van der Waals surface area contributed by atoms with Crippen LogP contribution in [0.1, 0.15) is 16.1 Å². The Morgan fingerprint density at radius 3 is 2.75 bits per heavy atom. The van der Waals surface area contributed by atoms with Gasteiger partial charge in [0.05, 0.1) is 11.3 Å². The van der Waals surface area contributed by atoms with Crippen molar-refractivity contribution >= 4 is 17.4 Å². The Hall–Kier alpha value is -2.50. The fourth-order valence-electron chi connectivity index (χ4n) is 2.36. The van der Waals surface area contributed by atoms with Gasteiger partial charge >= 0.3 is 0 Å². The van der Waals surface area contributed by atoms with Crippen molar-refractivity contribution in [3.05, 3.63) is 47.5 Å². The summed E-state index contributed by atoms with van der Waals surface area (Å²) in [6.07, 6.45) is 2.21. The van der Waals surface area contributed by atoms with Gasteiger partial charge in [0.15, 0.2) is 0 Å². The summed E-state index contributed by atoms with van der Waals surface area (Å²) in [4.78, 5) is 25.1. The van der Waals surface area contributed by atoms with Gasteiger partial charge in [-0.3, -0.25) is 14.3 Å². The molecule has 1 aromatic heterocycles. The third-order valence-corrected chi connectivity index (χ3v) is 3.45. The molecule has 1 aliphatic rings. The lowest BCUT2D eigenvalue weighted by Gasteiger charge is -2.16. The lowest BCUT2D eigenvalue weighted by Crippen LogP contribution is -2.32. The number of carbonyl (C=O) groups is 2. The quantitative estimate of drug-likeness (QED) is 0.793. The molecule has 0 bridgehead atoms. The van der Waals surface area contributed by atoms with E-state index in [0.717, 1.165) is 5.69 Å². The highest BCUT2D eigenvalue weighted by molar-refractivity contribution is 6.52. The van der Waals surface area contributed by atoms with Crippen LogP contribution in [-0.4, -0.2) is 28.0 Å². The fourth-order valence-corrected chi connectivity index (χ4v) is 2.36. The van der Waals surface area contributed by atoms with E-state index in [0.29, 0.717) is 18.7 Å². The number of fused-ring (bicyclic) bond motifs is 1. The number of Topliss-reactive ketones (excluding diaryl/α,β-unsaturated/α-hetero) is 1. The zero-order valence-electron chi connectivity index (χ0n) is 10.8. The second-order valence-electron chi connectivity index (χ2n) is 4.64. The Balaban J connectivity index is 1.87. The highest BCUT2D eigenvalue weighted by Gasteiger charge is 2.35. The first kappa shape index (κ1) is 12.5. The Labute approximate surface area is 114 Å². The number of nitrogens with zero attached hydrogens (tertiary/aromatic N) is 3. The molecule has 1 aromatic carbocycles. The minimum absolute atomic E-state index is 0.265. The fraction of sp³-hybridized carbons (Fsp3) is 0.214. The number of aryl methyl sites for hydroxylation is 1. The van der Waals surface area contributed by atoms with Crippen molar-refractivity contribution in [3.63, 3.8) is 0 Å². The van der Waals surface area contributed by atoms with Crippen LogP contribution in [0.5, 0.6) is 0 Å². The first-order chi connectivity index (χ1) is 9.58. The summed E-state index contributed by atoms with van der Waals surface area (Å²) in [5.41, 5.74) is 1.55. The maximum atomic E-state index is 13.3. The molecule has 5 nitrogen and oxygen atoms in total. The number of hydrogen-bond donors (Lipinski definition) is 0. The van der Waals surface area contributed by atoms with E-state index in [4.69, 9.17) is 0 Å². The summed E-state index contributed by atoms with van der Waals surface area (Å²) in [6, 6.07) is 5.61. The van der Waals surface area contributed by atoms with Crippen molar-refractivity contribution in [3.8, 4) is 0 Å². The molecule has 0 atom stereocenters. The number of rotatable bonds is 3. The molecule has 0 radical (unpaired) electrons. The predicted molar refractivity (Wildman–Crippen MR) is 70.0 cm³/mol. The molecule has 0 unspecified atom stereocenters. The number of anilines is 1. The van der Waals surface area contributed by atoms with Gasteiger partial charge in [-0.25, -0.2) is 4.39 Å². The molecule has 3 rings (SSSR count). The number of halogens is 1. The van der Waals surface area contributed by atoms with Crippen LogP contribution in [0.15, 0.2) is 30.5 Å². The largest absolute Gasteiger partial charge is 0.304 e. The number of ketones is 1. The Morgan fingerprint density at radius 1 is 1.25 bits per heavy atom. The van der Waals surface area contributed by atoms with Gasteiger partial charge < -0.3 is 4.90 Å². The summed E-state index contributed by atoms with van der Waals surface area (Å²) in [5, 5.41) is 4.04. The van der Waals surface area contributed by atoms with Crippen LogP contribution in [0.4, 0.5) is 10.1 Å². The third-order valence-electron chi connectivity index (χ3n) is 3.45.